The van der Waals surface area contributed by atoms with Crippen LogP contribution >= 0.6 is 11.6 Å². The van der Waals surface area contributed by atoms with E-state index in [0.717, 1.165) is 10.6 Å². The first-order valence-electron chi connectivity index (χ1n) is 5.04. The van der Waals surface area contributed by atoms with Crippen LogP contribution in [0.1, 0.15) is 32.0 Å². The predicted molar refractivity (Wildman–Crippen MR) is 58.3 cm³/mol. The lowest BCUT2D eigenvalue weighted by atomic mass is 10.2. The smallest absolute Gasteiger partial charge is 0.296 e. The Balaban J connectivity index is 3.09. The molecule has 96 valence electrons. The van der Waals surface area contributed by atoms with Crippen molar-refractivity contribution in [1.82, 2.24) is 9.55 Å². The number of aromatic nitrogens is 2. The van der Waals surface area contributed by atoms with Crippen LogP contribution in [0.3, 0.4) is 0 Å². The highest BCUT2D eigenvalue weighted by Crippen LogP contribution is 2.21. The highest BCUT2D eigenvalue weighted by Gasteiger charge is 2.27. The molecule has 0 amide bonds. The normalized spacial score (nSPS) is 12.2. The molecule has 0 unspecified atom stereocenters. The van der Waals surface area contributed by atoms with E-state index in [2.05, 4.69) is 4.98 Å². The molecule has 1 rings (SSSR count). The molecule has 0 bridgehead atoms. The number of rotatable bonds is 3. The second-order valence-electron chi connectivity index (χ2n) is 3.95. The fourth-order valence-electron chi connectivity index (χ4n) is 1.40. The summed E-state index contributed by atoms with van der Waals surface area (Å²) in [7, 11) is 0. The minimum atomic E-state index is -4.30. The van der Waals surface area contributed by atoms with E-state index < -0.39 is 24.7 Å². The SMILES string of the molecule is CC(C)c1nc(Cl)cc(=O)n1CCC(F)(F)F. The number of hydrogen-bond donors (Lipinski definition) is 0. The minimum Gasteiger partial charge on any atom is -0.296 e. The summed E-state index contributed by atoms with van der Waals surface area (Å²) in [6.07, 6.45) is -5.36. The Kier molecular flexibility index (Phi) is 4.19. The zero-order valence-electron chi connectivity index (χ0n) is 9.38. The van der Waals surface area contributed by atoms with Crippen molar-refractivity contribution in [2.45, 2.75) is 38.9 Å². The van der Waals surface area contributed by atoms with Crippen LogP contribution < -0.4 is 5.56 Å². The molecule has 1 aromatic rings. The molecule has 0 fully saturated rings. The molecule has 0 aliphatic carbocycles. The fraction of sp³-hybridized carbons (Fsp3) is 0.600. The monoisotopic (exact) mass is 268 g/mol. The molecule has 0 aliphatic heterocycles. The average Bonchev–Trinajstić information content (AvgIpc) is 2.13. The van der Waals surface area contributed by atoms with E-state index in [1.54, 1.807) is 13.8 Å². The van der Waals surface area contributed by atoms with E-state index >= 15 is 0 Å². The Morgan fingerprint density at radius 3 is 2.53 bits per heavy atom. The Hall–Kier alpha value is -1.04. The van der Waals surface area contributed by atoms with Gasteiger partial charge < -0.3 is 0 Å². The zero-order chi connectivity index (χ0) is 13.2. The Bertz CT molecular complexity index is 454. The highest BCUT2D eigenvalue weighted by molar-refractivity contribution is 6.29. The van der Waals surface area contributed by atoms with E-state index in [1.807, 2.05) is 0 Å². The van der Waals surface area contributed by atoms with Gasteiger partial charge in [0.25, 0.3) is 5.56 Å². The third-order valence-corrected chi connectivity index (χ3v) is 2.34. The number of hydrogen-bond acceptors (Lipinski definition) is 2. The summed E-state index contributed by atoms with van der Waals surface area (Å²) in [5.41, 5.74) is -0.557. The second-order valence-corrected chi connectivity index (χ2v) is 4.33. The lowest BCUT2D eigenvalue weighted by Crippen LogP contribution is -2.27. The highest BCUT2D eigenvalue weighted by atomic mass is 35.5. The first-order chi connectivity index (χ1) is 7.70. The van der Waals surface area contributed by atoms with E-state index in [-0.39, 0.29) is 16.9 Å². The number of alkyl halides is 3. The summed E-state index contributed by atoms with van der Waals surface area (Å²) in [4.78, 5) is 15.4. The van der Waals surface area contributed by atoms with Crippen molar-refractivity contribution in [2.75, 3.05) is 0 Å². The summed E-state index contributed by atoms with van der Waals surface area (Å²) in [6, 6.07) is 1.02. The molecule has 0 aliphatic rings. The summed E-state index contributed by atoms with van der Waals surface area (Å²) in [6.45, 7) is 3.05. The molecule has 1 aromatic heterocycles. The fourth-order valence-corrected chi connectivity index (χ4v) is 1.58. The molecular weight excluding hydrogens is 257 g/mol. The van der Waals surface area contributed by atoms with Crippen LogP contribution in [0.5, 0.6) is 0 Å². The van der Waals surface area contributed by atoms with Gasteiger partial charge in [0, 0.05) is 18.5 Å². The summed E-state index contributed by atoms with van der Waals surface area (Å²) in [5.74, 6) is 0.0985. The molecule has 0 atom stereocenters. The van der Waals surface area contributed by atoms with Crippen LogP contribution in [0.4, 0.5) is 13.2 Å². The molecule has 3 nitrogen and oxygen atoms in total. The van der Waals surface area contributed by atoms with Crippen LogP contribution in [-0.2, 0) is 6.54 Å². The summed E-state index contributed by atoms with van der Waals surface area (Å²) >= 11 is 5.61. The van der Waals surface area contributed by atoms with Gasteiger partial charge in [-0.05, 0) is 0 Å². The molecule has 0 spiro atoms. The van der Waals surface area contributed by atoms with Crippen LogP contribution in [-0.4, -0.2) is 15.7 Å². The number of halogens is 4. The first-order valence-corrected chi connectivity index (χ1v) is 5.42. The molecule has 0 saturated heterocycles. The van der Waals surface area contributed by atoms with Crippen molar-refractivity contribution < 1.29 is 13.2 Å². The van der Waals surface area contributed by atoms with E-state index in [1.165, 1.54) is 0 Å². The molecule has 17 heavy (non-hydrogen) atoms. The van der Waals surface area contributed by atoms with Gasteiger partial charge in [0.2, 0.25) is 0 Å². The van der Waals surface area contributed by atoms with E-state index in [4.69, 9.17) is 11.6 Å². The topological polar surface area (TPSA) is 34.9 Å². The molecule has 7 heteroatoms. The summed E-state index contributed by atoms with van der Waals surface area (Å²) in [5, 5.41) is 0.00181. The van der Waals surface area contributed by atoms with Gasteiger partial charge >= 0.3 is 6.18 Å². The van der Waals surface area contributed by atoms with Gasteiger partial charge in [-0.1, -0.05) is 25.4 Å². The van der Waals surface area contributed by atoms with Crippen molar-refractivity contribution in [2.24, 2.45) is 0 Å². The second kappa shape index (κ2) is 5.08. The predicted octanol–water partition coefficient (Wildman–Crippen LogP) is 2.97. The van der Waals surface area contributed by atoms with Crippen molar-refractivity contribution >= 4 is 11.6 Å². The van der Waals surface area contributed by atoms with E-state index in [9.17, 15) is 18.0 Å². The summed E-state index contributed by atoms with van der Waals surface area (Å²) < 4.78 is 37.4. The first kappa shape index (κ1) is 14.0. The standard InChI is InChI=1S/C10H12ClF3N2O/c1-6(2)9-15-7(11)5-8(17)16(9)4-3-10(12,13)14/h5-6H,3-4H2,1-2H3. The third kappa shape index (κ3) is 4.03. The third-order valence-electron chi connectivity index (χ3n) is 2.14. The quantitative estimate of drug-likeness (QED) is 0.790. The van der Waals surface area contributed by atoms with Gasteiger partial charge in [0.05, 0.1) is 6.42 Å². The van der Waals surface area contributed by atoms with Gasteiger partial charge in [-0.25, -0.2) is 4.98 Å². The lowest BCUT2D eigenvalue weighted by Gasteiger charge is -2.15. The van der Waals surface area contributed by atoms with Crippen LogP contribution in [0.25, 0.3) is 0 Å². The van der Waals surface area contributed by atoms with Gasteiger partial charge in [0.15, 0.2) is 0 Å². The molecule has 0 saturated carbocycles. The Labute approximate surface area is 101 Å². The van der Waals surface area contributed by atoms with Crippen molar-refractivity contribution in [3.8, 4) is 0 Å². The van der Waals surface area contributed by atoms with Gasteiger partial charge in [-0.3, -0.25) is 9.36 Å². The Morgan fingerprint density at radius 2 is 2.06 bits per heavy atom. The Morgan fingerprint density at radius 1 is 1.47 bits per heavy atom. The average molecular weight is 269 g/mol. The molecule has 0 N–H and O–H groups in total. The maximum absolute atomic E-state index is 12.1. The molecule has 1 heterocycles. The van der Waals surface area contributed by atoms with Gasteiger partial charge in [-0.15, -0.1) is 0 Å². The maximum atomic E-state index is 12.1. The minimum absolute atomic E-state index is 0.00181. The van der Waals surface area contributed by atoms with Gasteiger partial charge in [0.1, 0.15) is 11.0 Å². The van der Waals surface area contributed by atoms with E-state index in [0.29, 0.717) is 0 Å². The van der Waals surface area contributed by atoms with Crippen molar-refractivity contribution in [1.29, 1.82) is 0 Å². The maximum Gasteiger partial charge on any atom is 0.390 e. The van der Waals surface area contributed by atoms with Gasteiger partial charge in [-0.2, -0.15) is 13.2 Å². The number of nitrogens with zero attached hydrogens (tertiary/aromatic N) is 2. The van der Waals surface area contributed by atoms with Crippen LogP contribution in [0.15, 0.2) is 10.9 Å². The van der Waals surface area contributed by atoms with Crippen LogP contribution in [0, 0.1) is 0 Å². The van der Waals surface area contributed by atoms with Crippen molar-refractivity contribution in [3.63, 3.8) is 0 Å². The van der Waals surface area contributed by atoms with Crippen molar-refractivity contribution in [3.05, 3.63) is 27.4 Å². The largest absolute Gasteiger partial charge is 0.390 e. The molecule has 0 radical (unpaired) electrons. The van der Waals surface area contributed by atoms with Crippen LogP contribution in [0.2, 0.25) is 5.15 Å². The molecule has 0 aromatic carbocycles. The zero-order valence-corrected chi connectivity index (χ0v) is 10.1. The molecular formula is C10H12ClF3N2O. The lowest BCUT2D eigenvalue weighted by molar-refractivity contribution is -0.137.